The third-order valence-electron chi connectivity index (χ3n) is 3.82. The number of aryl methyl sites for hydroxylation is 2. The summed E-state index contributed by atoms with van der Waals surface area (Å²) in [5, 5.41) is 5.08. The number of hydrogen-bond acceptors (Lipinski definition) is 1. The largest absolute Gasteiger partial charge is 0.377 e. The van der Waals surface area contributed by atoms with Crippen molar-refractivity contribution in [2.75, 3.05) is 5.32 Å². The molecule has 1 aliphatic rings. The lowest BCUT2D eigenvalue weighted by Gasteiger charge is -2.14. The molecular formula is C16H15Cl2N. The van der Waals surface area contributed by atoms with E-state index in [0.717, 1.165) is 22.0 Å². The summed E-state index contributed by atoms with van der Waals surface area (Å²) in [6, 6.07) is 10.2. The van der Waals surface area contributed by atoms with Crippen LogP contribution in [0.3, 0.4) is 0 Å². The topological polar surface area (TPSA) is 12.0 Å². The summed E-state index contributed by atoms with van der Waals surface area (Å²) in [6.45, 7) is 4.29. The first-order chi connectivity index (χ1) is 9.06. The zero-order valence-corrected chi connectivity index (χ0v) is 12.4. The molecule has 1 atom stereocenters. The van der Waals surface area contributed by atoms with Crippen LogP contribution in [-0.4, -0.2) is 0 Å². The van der Waals surface area contributed by atoms with Crippen LogP contribution < -0.4 is 5.32 Å². The van der Waals surface area contributed by atoms with Crippen LogP contribution in [0, 0.1) is 13.8 Å². The Balaban J connectivity index is 2.02. The maximum atomic E-state index is 6.30. The highest BCUT2D eigenvalue weighted by molar-refractivity contribution is 6.33. The third kappa shape index (κ3) is 2.22. The van der Waals surface area contributed by atoms with Crippen LogP contribution in [-0.2, 0) is 6.42 Å². The molecule has 0 aromatic heterocycles. The van der Waals surface area contributed by atoms with Gasteiger partial charge in [0.25, 0.3) is 0 Å². The van der Waals surface area contributed by atoms with Gasteiger partial charge in [0.1, 0.15) is 0 Å². The lowest BCUT2D eigenvalue weighted by molar-refractivity contribution is 0.821. The monoisotopic (exact) mass is 291 g/mol. The summed E-state index contributed by atoms with van der Waals surface area (Å²) < 4.78 is 0. The fourth-order valence-corrected chi connectivity index (χ4v) is 3.16. The molecule has 1 unspecified atom stereocenters. The first kappa shape index (κ1) is 12.8. The summed E-state index contributed by atoms with van der Waals surface area (Å²) in [5.41, 5.74) is 6.32. The van der Waals surface area contributed by atoms with Crippen molar-refractivity contribution in [2.45, 2.75) is 26.3 Å². The van der Waals surface area contributed by atoms with E-state index < -0.39 is 0 Å². The smallest absolute Gasteiger partial charge is 0.0570 e. The van der Waals surface area contributed by atoms with E-state index in [4.69, 9.17) is 23.2 Å². The number of rotatable bonds is 1. The molecule has 1 aliphatic heterocycles. The maximum Gasteiger partial charge on any atom is 0.0570 e. The van der Waals surface area contributed by atoms with E-state index in [-0.39, 0.29) is 6.04 Å². The Hall–Kier alpha value is -1.18. The summed E-state index contributed by atoms with van der Waals surface area (Å²) >= 11 is 12.4. The first-order valence-electron chi connectivity index (χ1n) is 6.37. The SMILES string of the molecule is Cc1ccc(C)c2c1CC(c1cc(Cl)ccc1Cl)N2. The fourth-order valence-electron chi connectivity index (χ4n) is 2.73. The van der Waals surface area contributed by atoms with Crippen LogP contribution in [0.25, 0.3) is 0 Å². The molecule has 19 heavy (non-hydrogen) atoms. The molecule has 0 saturated heterocycles. The zero-order valence-electron chi connectivity index (χ0n) is 10.9. The van der Waals surface area contributed by atoms with Gasteiger partial charge in [-0.05, 0) is 60.7 Å². The van der Waals surface area contributed by atoms with Crippen molar-refractivity contribution >= 4 is 28.9 Å². The Morgan fingerprint density at radius 3 is 2.53 bits per heavy atom. The molecule has 1 N–H and O–H groups in total. The molecule has 98 valence electrons. The zero-order chi connectivity index (χ0) is 13.6. The molecule has 0 fully saturated rings. The Kier molecular flexibility index (Phi) is 3.20. The minimum absolute atomic E-state index is 0.209. The number of benzene rings is 2. The molecule has 3 rings (SSSR count). The third-order valence-corrected chi connectivity index (χ3v) is 4.40. The summed E-state index contributed by atoms with van der Waals surface area (Å²) in [6.07, 6.45) is 0.961. The second kappa shape index (κ2) is 4.73. The number of nitrogens with one attached hydrogen (secondary N) is 1. The second-order valence-electron chi connectivity index (χ2n) is 5.12. The Morgan fingerprint density at radius 2 is 1.79 bits per heavy atom. The lowest BCUT2D eigenvalue weighted by atomic mass is 9.98. The summed E-state index contributed by atoms with van der Waals surface area (Å²) in [7, 11) is 0. The summed E-state index contributed by atoms with van der Waals surface area (Å²) in [4.78, 5) is 0. The summed E-state index contributed by atoms with van der Waals surface area (Å²) in [5.74, 6) is 0. The van der Waals surface area contributed by atoms with E-state index in [1.165, 1.54) is 22.4 Å². The maximum absolute atomic E-state index is 6.30. The Bertz CT molecular complexity index is 618. The minimum Gasteiger partial charge on any atom is -0.377 e. The van der Waals surface area contributed by atoms with Crippen LogP contribution in [0.4, 0.5) is 5.69 Å². The van der Waals surface area contributed by atoms with Gasteiger partial charge < -0.3 is 5.32 Å². The molecule has 1 nitrogen and oxygen atoms in total. The molecule has 0 radical (unpaired) electrons. The van der Waals surface area contributed by atoms with Crippen LogP contribution >= 0.6 is 23.2 Å². The molecule has 3 heteroatoms. The van der Waals surface area contributed by atoms with Gasteiger partial charge in [0.15, 0.2) is 0 Å². The second-order valence-corrected chi connectivity index (χ2v) is 5.96. The molecular weight excluding hydrogens is 277 g/mol. The van der Waals surface area contributed by atoms with Gasteiger partial charge in [-0.2, -0.15) is 0 Å². The number of anilines is 1. The van der Waals surface area contributed by atoms with E-state index >= 15 is 0 Å². The van der Waals surface area contributed by atoms with E-state index in [1.807, 2.05) is 18.2 Å². The number of hydrogen-bond donors (Lipinski definition) is 1. The van der Waals surface area contributed by atoms with Gasteiger partial charge in [-0.25, -0.2) is 0 Å². The van der Waals surface area contributed by atoms with Gasteiger partial charge >= 0.3 is 0 Å². The number of fused-ring (bicyclic) bond motifs is 1. The predicted octanol–water partition coefficient (Wildman–Crippen LogP) is 5.32. The van der Waals surface area contributed by atoms with Gasteiger partial charge in [0, 0.05) is 15.7 Å². The molecule has 0 bridgehead atoms. The quantitative estimate of drug-likeness (QED) is 0.750. The van der Waals surface area contributed by atoms with Gasteiger partial charge in [0.2, 0.25) is 0 Å². The van der Waals surface area contributed by atoms with Crippen LogP contribution in [0.2, 0.25) is 10.0 Å². The highest BCUT2D eigenvalue weighted by Crippen LogP contribution is 2.40. The van der Waals surface area contributed by atoms with Crippen molar-refractivity contribution in [1.29, 1.82) is 0 Å². The first-order valence-corrected chi connectivity index (χ1v) is 7.12. The number of halogens is 2. The molecule has 1 heterocycles. The van der Waals surface area contributed by atoms with Gasteiger partial charge in [0.05, 0.1) is 6.04 Å². The fraction of sp³-hybridized carbons (Fsp3) is 0.250. The Labute approximate surface area is 123 Å². The Morgan fingerprint density at radius 1 is 1.05 bits per heavy atom. The molecule has 0 saturated carbocycles. The predicted molar refractivity (Wildman–Crippen MR) is 82.4 cm³/mol. The van der Waals surface area contributed by atoms with E-state index in [2.05, 4.69) is 31.3 Å². The van der Waals surface area contributed by atoms with Crippen LogP contribution in [0.15, 0.2) is 30.3 Å². The molecule has 2 aromatic rings. The van der Waals surface area contributed by atoms with Crippen molar-refractivity contribution in [3.8, 4) is 0 Å². The van der Waals surface area contributed by atoms with Crippen LogP contribution in [0.5, 0.6) is 0 Å². The van der Waals surface area contributed by atoms with Crippen molar-refractivity contribution < 1.29 is 0 Å². The average Bonchev–Trinajstić information content (AvgIpc) is 2.83. The van der Waals surface area contributed by atoms with Crippen LogP contribution in [0.1, 0.15) is 28.3 Å². The van der Waals surface area contributed by atoms with Gasteiger partial charge in [-0.3, -0.25) is 0 Å². The van der Waals surface area contributed by atoms with E-state index in [0.29, 0.717) is 0 Å². The van der Waals surface area contributed by atoms with Crippen molar-refractivity contribution in [3.05, 3.63) is 62.6 Å². The van der Waals surface area contributed by atoms with Crippen molar-refractivity contribution in [3.63, 3.8) is 0 Å². The molecule has 0 aliphatic carbocycles. The average molecular weight is 292 g/mol. The normalized spacial score (nSPS) is 17.2. The van der Waals surface area contributed by atoms with Crippen molar-refractivity contribution in [2.24, 2.45) is 0 Å². The van der Waals surface area contributed by atoms with Gasteiger partial charge in [-0.1, -0.05) is 35.3 Å². The lowest BCUT2D eigenvalue weighted by Crippen LogP contribution is -2.06. The van der Waals surface area contributed by atoms with E-state index in [1.54, 1.807) is 0 Å². The van der Waals surface area contributed by atoms with Crippen molar-refractivity contribution in [1.82, 2.24) is 0 Å². The minimum atomic E-state index is 0.209. The van der Waals surface area contributed by atoms with E-state index in [9.17, 15) is 0 Å². The molecule has 0 amide bonds. The molecule has 0 spiro atoms. The highest BCUT2D eigenvalue weighted by atomic mass is 35.5. The standard InChI is InChI=1S/C16H15Cl2N/c1-9-3-4-10(2)16-12(9)8-15(19-16)13-7-11(17)5-6-14(13)18/h3-7,15,19H,8H2,1-2H3. The molecule has 2 aromatic carbocycles. The highest BCUT2D eigenvalue weighted by Gasteiger charge is 2.26. The van der Waals surface area contributed by atoms with Gasteiger partial charge in [-0.15, -0.1) is 0 Å².